The van der Waals surface area contributed by atoms with Crippen LogP contribution in [0, 0.1) is 0 Å². The average molecular weight is 402 g/mol. The van der Waals surface area contributed by atoms with Crippen LogP contribution in [0.3, 0.4) is 0 Å². The quantitative estimate of drug-likeness (QED) is 0.413. The predicted octanol–water partition coefficient (Wildman–Crippen LogP) is 4.66. The highest BCUT2D eigenvalue weighted by Crippen LogP contribution is 2.32. The minimum atomic E-state index is 0.0188. The lowest BCUT2D eigenvalue weighted by Crippen LogP contribution is -2.02. The van der Waals surface area contributed by atoms with Gasteiger partial charge in [0.15, 0.2) is 10.1 Å². The Morgan fingerprint density at radius 2 is 2.04 bits per heavy atom. The Bertz CT molecular complexity index is 914. The summed E-state index contributed by atoms with van der Waals surface area (Å²) in [7, 11) is 1.58. The van der Waals surface area contributed by atoms with E-state index in [-0.39, 0.29) is 11.5 Å². The number of nitrogens with zero attached hydrogens (tertiary/aromatic N) is 2. The summed E-state index contributed by atoms with van der Waals surface area (Å²) < 4.78 is 11.5. The zero-order valence-corrected chi connectivity index (χ0v) is 16.6. The van der Waals surface area contributed by atoms with Gasteiger partial charge in [-0.05, 0) is 31.2 Å². The Balaban J connectivity index is 1.60. The second-order valence-corrected chi connectivity index (χ2v) is 7.57. The van der Waals surface area contributed by atoms with E-state index in [9.17, 15) is 4.79 Å². The van der Waals surface area contributed by atoms with Crippen molar-refractivity contribution in [3.8, 4) is 11.5 Å². The molecule has 1 aromatic heterocycles. The number of aromatic nitrogens is 2. The Morgan fingerprint density at radius 3 is 2.85 bits per heavy atom. The van der Waals surface area contributed by atoms with E-state index in [1.807, 2.05) is 37.3 Å². The first-order chi connectivity index (χ1) is 13.2. The van der Waals surface area contributed by atoms with Gasteiger partial charge in [-0.3, -0.25) is 4.79 Å². The molecule has 0 saturated heterocycles. The molecule has 27 heavy (non-hydrogen) atoms. The number of carbonyl (C=O) groups excluding carboxylic acids is 1. The molecular weight excluding hydrogens is 382 g/mol. The van der Waals surface area contributed by atoms with Crippen LogP contribution >= 0.6 is 23.1 Å². The van der Waals surface area contributed by atoms with Crippen molar-refractivity contribution in [3.63, 3.8) is 0 Å². The molecular formula is C19H19N3O3S2. The molecule has 3 aromatic rings. The smallest absolute Gasteiger partial charge is 0.210 e. The van der Waals surface area contributed by atoms with Gasteiger partial charge >= 0.3 is 0 Å². The normalized spacial score (nSPS) is 10.4. The summed E-state index contributed by atoms with van der Waals surface area (Å²) in [6.45, 7) is 2.53. The number of hydrogen-bond acceptors (Lipinski definition) is 8. The molecule has 0 aliphatic heterocycles. The largest absolute Gasteiger partial charge is 0.497 e. The highest BCUT2D eigenvalue weighted by Gasteiger charge is 2.12. The number of ether oxygens (including phenoxy) is 2. The Labute approximate surface area is 165 Å². The Morgan fingerprint density at radius 1 is 1.19 bits per heavy atom. The molecule has 6 nitrogen and oxygen atoms in total. The number of benzene rings is 2. The second-order valence-electron chi connectivity index (χ2n) is 5.37. The van der Waals surface area contributed by atoms with Crippen molar-refractivity contribution in [2.75, 3.05) is 24.8 Å². The molecule has 0 atom stereocenters. The maximum absolute atomic E-state index is 12.3. The molecule has 140 valence electrons. The first kappa shape index (κ1) is 19.2. The van der Waals surface area contributed by atoms with Gasteiger partial charge in [-0.1, -0.05) is 47.4 Å². The number of methoxy groups -OCH3 is 1. The monoisotopic (exact) mass is 401 g/mol. The zero-order valence-electron chi connectivity index (χ0n) is 15.0. The van der Waals surface area contributed by atoms with Crippen LogP contribution in [-0.4, -0.2) is 35.5 Å². The maximum Gasteiger partial charge on any atom is 0.210 e. The highest BCUT2D eigenvalue weighted by atomic mass is 32.2. The molecule has 0 amide bonds. The molecule has 0 bridgehead atoms. The minimum Gasteiger partial charge on any atom is -0.497 e. The summed E-state index contributed by atoms with van der Waals surface area (Å²) in [4.78, 5) is 12.3. The summed E-state index contributed by atoms with van der Waals surface area (Å²) in [6, 6.07) is 14.8. The van der Waals surface area contributed by atoms with Crippen molar-refractivity contribution in [2.45, 2.75) is 11.3 Å². The van der Waals surface area contributed by atoms with Crippen LogP contribution in [0.2, 0.25) is 0 Å². The van der Waals surface area contributed by atoms with Gasteiger partial charge in [0.25, 0.3) is 0 Å². The van der Waals surface area contributed by atoms with Crippen LogP contribution in [0.1, 0.15) is 17.3 Å². The second kappa shape index (κ2) is 9.38. The van der Waals surface area contributed by atoms with Crippen molar-refractivity contribution >= 4 is 39.7 Å². The molecule has 1 N–H and O–H groups in total. The molecule has 0 spiro atoms. The standard InChI is InChI=1S/C19H19N3O3S2/c1-3-25-17-10-5-4-9-15(17)20-18-21-22-19(27-18)26-12-16(23)13-7-6-8-14(11-13)24-2/h4-11H,3,12H2,1-2H3,(H,20,21). The number of thioether (sulfide) groups is 1. The van der Waals surface area contributed by atoms with Crippen LogP contribution in [0.4, 0.5) is 10.8 Å². The number of anilines is 2. The lowest BCUT2D eigenvalue weighted by atomic mass is 10.1. The summed E-state index contributed by atoms with van der Waals surface area (Å²) in [5.74, 6) is 1.74. The molecule has 0 fully saturated rings. The summed E-state index contributed by atoms with van der Waals surface area (Å²) in [5, 5.41) is 12.1. The predicted molar refractivity (Wildman–Crippen MR) is 109 cm³/mol. The molecule has 0 aliphatic rings. The summed E-state index contributed by atoms with van der Waals surface area (Å²) in [5.41, 5.74) is 1.45. The van der Waals surface area contributed by atoms with Crippen LogP contribution < -0.4 is 14.8 Å². The van der Waals surface area contributed by atoms with Crippen molar-refractivity contribution in [2.24, 2.45) is 0 Å². The van der Waals surface area contributed by atoms with Gasteiger partial charge in [0.05, 0.1) is 25.2 Å². The number of para-hydroxylation sites is 2. The van der Waals surface area contributed by atoms with E-state index in [1.165, 1.54) is 23.1 Å². The van der Waals surface area contributed by atoms with Gasteiger partial charge < -0.3 is 14.8 Å². The first-order valence-electron chi connectivity index (χ1n) is 8.32. The van der Waals surface area contributed by atoms with Gasteiger partial charge in [-0.15, -0.1) is 10.2 Å². The van der Waals surface area contributed by atoms with Crippen molar-refractivity contribution in [3.05, 3.63) is 54.1 Å². The van der Waals surface area contributed by atoms with E-state index in [4.69, 9.17) is 9.47 Å². The van der Waals surface area contributed by atoms with E-state index < -0.39 is 0 Å². The fourth-order valence-electron chi connectivity index (χ4n) is 2.29. The lowest BCUT2D eigenvalue weighted by Gasteiger charge is -2.09. The van der Waals surface area contributed by atoms with Crippen molar-refractivity contribution in [1.29, 1.82) is 0 Å². The van der Waals surface area contributed by atoms with Gasteiger partial charge in [-0.2, -0.15) is 0 Å². The fraction of sp³-hybridized carbons (Fsp3) is 0.211. The summed E-state index contributed by atoms with van der Waals surface area (Å²) >= 11 is 2.76. The highest BCUT2D eigenvalue weighted by molar-refractivity contribution is 8.01. The van der Waals surface area contributed by atoms with Crippen LogP contribution in [-0.2, 0) is 0 Å². The SMILES string of the molecule is CCOc1ccccc1Nc1nnc(SCC(=O)c2cccc(OC)c2)s1. The van der Waals surface area contributed by atoms with E-state index >= 15 is 0 Å². The molecule has 0 saturated carbocycles. The number of nitrogens with one attached hydrogen (secondary N) is 1. The molecule has 0 radical (unpaired) electrons. The molecule has 0 unspecified atom stereocenters. The van der Waals surface area contributed by atoms with Gasteiger partial charge in [0.2, 0.25) is 5.13 Å². The molecule has 0 aliphatic carbocycles. The third-order valence-electron chi connectivity index (χ3n) is 3.55. The van der Waals surface area contributed by atoms with Crippen LogP contribution in [0.15, 0.2) is 52.9 Å². The van der Waals surface area contributed by atoms with Gasteiger partial charge in [-0.25, -0.2) is 0 Å². The van der Waals surface area contributed by atoms with E-state index in [2.05, 4.69) is 15.5 Å². The van der Waals surface area contributed by atoms with E-state index in [0.29, 0.717) is 23.1 Å². The molecule has 2 aromatic carbocycles. The molecule has 8 heteroatoms. The number of Topliss-reactive ketones (excluding diaryl/α,β-unsaturated/α-hetero) is 1. The van der Waals surface area contributed by atoms with Gasteiger partial charge in [0.1, 0.15) is 11.5 Å². The lowest BCUT2D eigenvalue weighted by molar-refractivity contribution is 0.102. The van der Waals surface area contributed by atoms with Crippen molar-refractivity contribution < 1.29 is 14.3 Å². The summed E-state index contributed by atoms with van der Waals surface area (Å²) in [6.07, 6.45) is 0. The topological polar surface area (TPSA) is 73.3 Å². The zero-order chi connectivity index (χ0) is 19.1. The fourth-order valence-corrected chi connectivity index (χ4v) is 3.95. The first-order valence-corrected chi connectivity index (χ1v) is 10.1. The molecule has 1 heterocycles. The van der Waals surface area contributed by atoms with E-state index in [0.717, 1.165) is 15.8 Å². The van der Waals surface area contributed by atoms with E-state index in [1.54, 1.807) is 25.3 Å². The maximum atomic E-state index is 12.3. The number of ketones is 1. The Hall–Kier alpha value is -2.58. The number of carbonyl (C=O) groups is 1. The third-order valence-corrected chi connectivity index (χ3v) is 5.53. The number of hydrogen-bond donors (Lipinski definition) is 1. The van der Waals surface area contributed by atoms with Crippen LogP contribution in [0.25, 0.3) is 0 Å². The Kier molecular flexibility index (Phi) is 6.67. The van der Waals surface area contributed by atoms with Crippen molar-refractivity contribution in [1.82, 2.24) is 10.2 Å². The van der Waals surface area contributed by atoms with Crippen LogP contribution in [0.5, 0.6) is 11.5 Å². The minimum absolute atomic E-state index is 0.0188. The van der Waals surface area contributed by atoms with Gasteiger partial charge in [0, 0.05) is 5.56 Å². The number of rotatable bonds is 9. The third kappa shape index (κ3) is 5.21. The molecule has 3 rings (SSSR count). The average Bonchev–Trinajstić information content (AvgIpc) is 3.15.